The van der Waals surface area contributed by atoms with Crippen LogP contribution in [-0.4, -0.2) is 30.3 Å². The van der Waals surface area contributed by atoms with Crippen LogP contribution in [0.4, 0.5) is 17.1 Å². The number of ether oxygens (including phenoxy) is 2. The van der Waals surface area contributed by atoms with Gasteiger partial charge in [0.25, 0.3) is 5.69 Å². The van der Waals surface area contributed by atoms with Crippen LogP contribution in [0.25, 0.3) is 0 Å². The van der Waals surface area contributed by atoms with Crippen LogP contribution >= 0.6 is 0 Å². The molecule has 31 heavy (non-hydrogen) atoms. The van der Waals surface area contributed by atoms with Crippen molar-refractivity contribution >= 4 is 17.1 Å². The minimum Gasteiger partial charge on any atom is -0.493 e. The third-order valence-corrected chi connectivity index (χ3v) is 4.62. The SMILES string of the molecule is COc1cc(N(CCO)c2ccc(C#N)cc2)c([N+](=O)[O-])cc1OCc1ccccc1. The number of rotatable bonds is 9. The molecule has 0 saturated carbocycles. The van der Waals surface area contributed by atoms with Gasteiger partial charge in [0.05, 0.1) is 36.3 Å². The Hall–Kier alpha value is -4.09. The zero-order valence-electron chi connectivity index (χ0n) is 16.9. The molecule has 0 spiro atoms. The highest BCUT2D eigenvalue weighted by molar-refractivity contribution is 5.76. The Morgan fingerprint density at radius 2 is 1.81 bits per heavy atom. The van der Waals surface area contributed by atoms with Gasteiger partial charge in [-0.2, -0.15) is 5.26 Å². The third-order valence-electron chi connectivity index (χ3n) is 4.62. The van der Waals surface area contributed by atoms with E-state index < -0.39 is 4.92 Å². The lowest BCUT2D eigenvalue weighted by Crippen LogP contribution is -2.22. The average Bonchev–Trinajstić information content (AvgIpc) is 2.81. The molecule has 3 rings (SSSR count). The van der Waals surface area contributed by atoms with Gasteiger partial charge in [0, 0.05) is 18.3 Å². The Labute approximate surface area is 179 Å². The van der Waals surface area contributed by atoms with Crippen LogP contribution in [0, 0.1) is 21.4 Å². The maximum absolute atomic E-state index is 11.9. The molecule has 0 fully saturated rings. The van der Waals surface area contributed by atoms with Gasteiger partial charge in [-0.1, -0.05) is 30.3 Å². The first kappa shape index (κ1) is 21.6. The summed E-state index contributed by atoms with van der Waals surface area (Å²) in [6, 6.07) is 20.9. The molecule has 0 heterocycles. The van der Waals surface area contributed by atoms with E-state index in [1.165, 1.54) is 19.2 Å². The van der Waals surface area contributed by atoms with Gasteiger partial charge < -0.3 is 19.5 Å². The number of methoxy groups -OCH3 is 1. The lowest BCUT2D eigenvalue weighted by molar-refractivity contribution is -0.384. The van der Waals surface area contributed by atoms with Crippen molar-refractivity contribution in [1.29, 1.82) is 5.26 Å². The third kappa shape index (κ3) is 5.10. The zero-order chi connectivity index (χ0) is 22.2. The van der Waals surface area contributed by atoms with Crippen molar-refractivity contribution in [2.45, 2.75) is 6.61 Å². The molecule has 0 aliphatic carbocycles. The van der Waals surface area contributed by atoms with Crippen LogP contribution in [0.15, 0.2) is 66.7 Å². The van der Waals surface area contributed by atoms with E-state index in [1.54, 1.807) is 29.2 Å². The van der Waals surface area contributed by atoms with E-state index in [1.807, 2.05) is 36.4 Å². The number of nitro benzene ring substituents is 1. The quantitative estimate of drug-likeness (QED) is 0.409. The molecule has 0 saturated heterocycles. The molecule has 1 N–H and O–H groups in total. The van der Waals surface area contributed by atoms with Gasteiger partial charge in [-0.05, 0) is 29.8 Å². The van der Waals surface area contributed by atoms with Crippen molar-refractivity contribution in [2.24, 2.45) is 0 Å². The van der Waals surface area contributed by atoms with Crippen molar-refractivity contribution in [2.75, 3.05) is 25.2 Å². The highest BCUT2D eigenvalue weighted by atomic mass is 16.6. The summed E-state index contributed by atoms with van der Waals surface area (Å²) < 4.78 is 11.2. The molecule has 0 aliphatic heterocycles. The molecule has 0 aliphatic rings. The Morgan fingerprint density at radius 1 is 1.10 bits per heavy atom. The van der Waals surface area contributed by atoms with E-state index in [4.69, 9.17) is 14.7 Å². The molecule has 158 valence electrons. The zero-order valence-corrected chi connectivity index (χ0v) is 16.9. The highest BCUT2D eigenvalue weighted by Gasteiger charge is 2.25. The number of aliphatic hydroxyl groups excluding tert-OH is 1. The Kier molecular flexibility index (Phi) is 7.04. The molecule has 0 aromatic heterocycles. The molecular formula is C23H21N3O5. The first-order valence-corrected chi connectivity index (χ1v) is 9.49. The van der Waals surface area contributed by atoms with Gasteiger partial charge in [-0.3, -0.25) is 10.1 Å². The monoisotopic (exact) mass is 419 g/mol. The normalized spacial score (nSPS) is 10.2. The fourth-order valence-electron chi connectivity index (χ4n) is 3.11. The molecule has 0 unspecified atom stereocenters. The van der Waals surface area contributed by atoms with Crippen molar-refractivity contribution in [3.05, 3.63) is 88.0 Å². The maximum atomic E-state index is 11.9. The summed E-state index contributed by atoms with van der Waals surface area (Å²) in [5, 5.41) is 30.4. The van der Waals surface area contributed by atoms with Crippen molar-refractivity contribution in [3.63, 3.8) is 0 Å². The molecule has 8 nitrogen and oxygen atoms in total. The lowest BCUT2D eigenvalue weighted by atomic mass is 10.1. The van der Waals surface area contributed by atoms with Gasteiger partial charge in [-0.15, -0.1) is 0 Å². The largest absolute Gasteiger partial charge is 0.493 e. The topological polar surface area (TPSA) is 109 Å². The lowest BCUT2D eigenvalue weighted by Gasteiger charge is -2.25. The second-order valence-electron chi connectivity index (χ2n) is 6.56. The molecule has 0 radical (unpaired) electrons. The minimum absolute atomic E-state index is 0.111. The van der Waals surface area contributed by atoms with E-state index in [0.29, 0.717) is 17.0 Å². The van der Waals surface area contributed by atoms with Crippen LogP contribution in [0.3, 0.4) is 0 Å². The number of nitrogens with zero attached hydrogens (tertiary/aromatic N) is 3. The van der Waals surface area contributed by atoms with Gasteiger partial charge in [0.1, 0.15) is 12.3 Å². The van der Waals surface area contributed by atoms with Gasteiger partial charge in [0.2, 0.25) is 0 Å². The summed E-state index contributed by atoms with van der Waals surface area (Å²) >= 11 is 0. The molecule has 8 heteroatoms. The smallest absolute Gasteiger partial charge is 0.296 e. The van der Waals surface area contributed by atoms with Crippen LogP contribution in [0.1, 0.15) is 11.1 Å². The second kappa shape index (κ2) is 10.1. The van der Waals surface area contributed by atoms with Crippen molar-refractivity contribution in [3.8, 4) is 17.6 Å². The van der Waals surface area contributed by atoms with Crippen molar-refractivity contribution < 1.29 is 19.5 Å². The standard InChI is InChI=1S/C23H21N3O5/c1-30-22-13-20(25(11-12-27)19-9-7-17(15-24)8-10-19)21(26(28)29)14-23(22)31-16-18-5-3-2-4-6-18/h2-10,13-14,27H,11-12,16H2,1H3. The first-order chi connectivity index (χ1) is 15.1. The summed E-state index contributed by atoms with van der Waals surface area (Å²) in [6.45, 7) is 0.107. The summed E-state index contributed by atoms with van der Waals surface area (Å²) in [6.07, 6.45) is 0. The van der Waals surface area contributed by atoms with Crippen LogP contribution in [0.5, 0.6) is 11.5 Å². The summed E-state index contributed by atoms with van der Waals surface area (Å²) in [7, 11) is 1.46. The predicted octanol–water partition coefficient (Wildman–Crippen LogP) is 4.18. The minimum atomic E-state index is -0.502. The second-order valence-corrected chi connectivity index (χ2v) is 6.56. The van der Waals surface area contributed by atoms with Gasteiger partial charge in [0.15, 0.2) is 11.5 Å². The summed E-state index contributed by atoms with van der Waals surface area (Å²) in [5.74, 6) is 0.568. The molecule has 0 bridgehead atoms. The number of nitriles is 1. The molecule has 3 aromatic carbocycles. The van der Waals surface area contributed by atoms with E-state index in [9.17, 15) is 15.2 Å². The van der Waals surface area contributed by atoms with Crippen LogP contribution in [-0.2, 0) is 6.61 Å². The number of aliphatic hydroxyl groups is 1. The molecule has 0 atom stereocenters. The summed E-state index contributed by atoms with van der Waals surface area (Å²) in [4.78, 5) is 13.0. The number of hydrogen-bond donors (Lipinski definition) is 1. The number of benzene rings is 3. The number of anilines is 2. The maximum Gasteiger partial charge on any atom is 0.296 e. The predicted molar refractivity (Wildman–Crippen MR) is 116 cm³/mol. The molecule has 3 aromatic rings. The average molecular weight is 419 g/mol. The summed E-state index contributed by atoms with van der Waals surface area (Å²) in [5.41, 5.74) is 2.02. The van der Waals surface area contributed by atoms with E-state index >= 15 is 0 Å². The van der Waals surface area contributed by atoms with Crippen LogP contribution in [0.2, 0.25) is 0 Å². The number of nitro groups is 1. The highest BCUT2D eigenvalue weighted by Crippen LogP contribution is 2.42. The Balaban J connectivity index is 2.02. The van der Waals surface area contributed by atoms with Crippen LogP contribution < -0.4 is 14.4 Å². The Morgan fingerprint density at radius 3 is 2.39 bits per heavy atom. The van der Waals surface area contributed by atoms with E-state index in [-0.39, 0.29) is 36.9 Å². The molecule has 0 amide bonds. The van der Waals surface area contributed by atoms with E-state index in [0.717, 1.165) is 5.56 Å². The molecular weight excluding hydrogens is 398 g/mol. The van der Waals surface area contributed by atoms with E-state index in [2.05, 4.69) is 0 Å². The van der Waals surface area contributed by atoms with Crippen molar-refractivity contribution in [1.82, 2.24) is 0 Å². The number of hydrogen-bond acceptors (Lipinski definition) is 7. The Bertz CT molecular complexity index is 1080. The van der Waals surface area contributed by atoms with Gasteiger partial charge in [-0.25, -0.2) is 0 Å². The van der Waals surface area contributed by atoms with Gasteiger partial charge >= 0.3 is 0 Å². The fourth-order valence-corrected chi connectivity index (χ4v) is 3.11. The fraction of sp³-hybridized carbons (Fsp3) is 0.174. The first-order valence-electron chi connectivity index (χ1n) is 9.49.